The monoisotopic (exact) mass is 503 g/mol. The minimum atomic E-state index is -5.08. The van der Waals surface area contributed by atoms with E-state index >= 15 is 0 Å². The van der Waals surface area contributed by atoms with Crippen LogP contribution >= 0.6 is 0 Å². The lowest BCUT2D eigenvalue weighted by Gasteiger charge is -2.31. The first-order chi connectivity index (χ1) is 16.5. The summed E-state index contributed by atoms with van der Waals surface area (Å²) in [5.41, 5.74) is 1.17. The summed E-state index contributed by atoms with van der Waals surface area (Å²) in [6.07, 6.45) is 0.718. The number of aromatic nitrogens is 1. The quantitative estimate of drug-likeness (QED) is 0.448. The number of unbranched alkanes of at least 4 members (excludes halogenated alkanes) is 1. The number of nitrogens with zero attached hydrogens (tertiary/aromatic N) is 3. The van der Waals surface area contributed by atoms with E-state index in [4.69, 9.17) is 9.90 Å². The molecule has 0 radical (unpaired) electrons. The van der Waals surface area contributed by atoms with Crippen molar-refractivity contribution in [1.29, 1.82) is 0 Å². The summed E-state index contributed by atoms with van der Waals surface area (Å²) < 4.78 is 31.7. The van der Waals surface area contributed by atoms with Crippen molar-refractivity contribution in [3.8, 4) is 0 Å². The van der Waals surface area contributed by atoms with Crippen molar-refractivity contribution >= 4 is 29.3 Å². The summed E-state index contributed by atoms with van der Waals surface area (Å²) in [6.45, 7) is 11.0. The fourth-order valence-electron chi connectivity index (χ4n) is 3.40. The molecule has 1 fully saturated rings. The lowest BCUT2D eigenvalue weighted by Crippen LogP contribution is -2.45. The van der Waals surface area contributed by atoms with Gasteiger partial charge < -0.3 is 25.5 Å². The first-order valence-corrected chi connectivity index (χ1v) is 11.9. The SMILES string of the molecule is CCCCC(=O)Nc1cnc(N2CCNCC2)c(C(=O)N(CCC)CCC)c1.O=C(O)C(F)(F)F. The highest BCUT2D eigenvalue weighted by molar-refractivity contribution is 6.01. The van der Waals surface area contributed by atoms with Crippen molar-refractivity contribution < 1.29 is 32.7 Å². The minimum Gasteiger partial charge on any atom is -0.475 e. The Balaban J connectivity index is 0.000000762. The fourth-order valence-corrected chi connectivity index (χ4v) is 3.40. The van der Waals surface area contributed by atoms with Crippen LogP contribution < -0.4 is 15.5 Å². The molecule has 3 N–H and O–H groups in total. The molecule has 2 rings (SSSR count). The lowest BCUT2D eigenvalue weighted by molar-refractivity contribution is -0.192. The maximum absolute atomic E-state index is 13.3. The van der Waals surface area contributed by atoms with Gasteiger partial charge in [0.25, 0.3) is 5.91 Å². The summed E-state index contributed by atoms with van der Waals surface area (Å²) in [7, 11) is 0. The Kier molecular flexibility index (Phi) is 13.1. The molecule has 0 unspecified atom stereocenters. The van der Waals surface area contributed by atoms with Crippen LogP contribution in [0.2, 0.25) is 0 Å². The maximum atomic E-state index is 13.3. The number of carbonyl (C=O) groups is 3. The number of nitrogens with one attached hydrogen (secondary N) is 2. The van der Waals surface area contributed by atoms with E-state index in [0.29, 0.717) is 17.7 Å². The van der Waals surface area contributed by atoms with Crippen molar-refractivity contribution in [2.24, 2.45) is 0 Å². The molecule has 0 atom stereocenters. The van der Waals surface area contributed by atoms with Crippen LogP contribution in [0.3, 0.4) is 0 Å². The minimum absolute atomic E-state index is 0.00519. The van der Waals surface area contributed by atoms with Crippen molar-refractivity contribution in [3.05, 3.63) is 17.8 Å². The Morgan fingerprint density at radius 2 is 1.69 bits per heavy atom. The van der Waals surface area contributed by atoms with Gasteiger partial charge in [-0.25, -0.2) is 9.78 Å². The number of halogens is 3. The number of carboxylic acid groups (broad SMARTS) is 1. The van der Waals surface area contributed by atoms with Gasteiger partial charge in [0.05, 0.1) is 17.4 Å². The second-order valence-corrected chi connectivity index (χ2v) is 8.08. The zero-order valence-electron chi connectivity index (χ0n) is 20.6. The second kappa shape index (κ2) is 15.2. The number of piperazine rings is 1. The van der Waals surface area contributed by atoms with Gasteiger partial charge >= 0.3 is 12.1 Å². The van der Waals surface area contributed by atoms with Gasteiger partial charge in [0.1, 0.15) is 5.82 Å². The Morgan fingerprint density at radius 1 is 1.11 bits per heavy atom. The number of alkyl halides is 3. The van der Waals surface area contributed by atoms with Crippen LogP contribution in [0, 0.1) is 0 Å². The van der Waals surface area contributed by atoms with Crippen LogP contribution in [-0.4, -0.2) is 78.2 Å². The van der Waals surface area contributed by atoms with E-state index in [1.807, 2.05) is 4.90 Å². The summed E-state index contributed by atoms with van der Waals surface area (Å²) in [5, 5.41) is 13.4. The van der Waals surface area contributed by atoms with Crippen molar-refractivity contribution in [3.63, 3.8) is 0 Å². The van der Waals surface area contributed by atoms with Crippen LogP contribution in [0.5, 0.6) is 0 Å². The Hall–Kier alpha value is -2.89. The molecule has 1 saturated heterocycles. The van der Waals surface area contributed by atoms with Crippen molar-refractivity contribution in [2.45, 2.75) is 59.1 Å². The van der Waals surface area contributed by atoms with Crippen LogP contribution in [0.15, 0.2) is 12.3 Å². The molecule has 0 aromatic carbocycles. The molecule has 0 saturated carbocycles. The Labute approximate surface area is 204 Å². The third kappa shape index (κ3) is 10.5. The molecule has 198 valence electrons. The predicted octanol–water partition coefficient (Wildman–Crippen LogP) is 3.52. The van der Waals surface area contributed by atoms with Crippen LogP contribution in [0.4, 0.5) is 24.7 Å². The molecule has 0 spiro atoms. The van der Waals surface area contributed by atoms with Crippen LogP contribution in [0.1, 0.15) is 63.2 Å². The standard InChI is InChI=1S/C21H35N5O2.C2HF3O2/c1-4-7-8-19(27)24-17-15-18(21(28)26(11-5-2)12-6-3)20(23-16-17)25-13-9-22-10-14-25;3-2(4,5)1(6)7/h15-16,22H,4-14H2,1-3H3,(H,24,27);(H,6,7). The molecule has 2 heterocycles. The van der Waals surface area contributed by atoms with Crippen LogP contribution in [0.25, 0.3) is 0 Å². The summed E-state index contributed by atoms with van der Waals surface area (Å²) in [4.78, 5) is 43.0. The molecule has 2 amide bonds. The van der Waals surface area contributed by atoms with Gasteiger partial charge in [-0.1, -0.05) is 27.2 Å². The molecule has 9 nitrogen and oxygen atoms in total. The number of pyridine rings is 1. The Morgan fingerprint density at radius 3 is 2.17 bits per heavy atom. The van der Waals surface area contributed by atoms with Gasteiger partial charge in [-0.2, -0.15) is 13.2 Å². The fraction of sp³-hybridized carbons (Fsp3) is 0.652. The first-order valence-electron chi connectivity index (χ1n) is 11.9. The lowest BCUT2D eigenvalue weighted by atomic mass is 10.1. The highest BCUT2D eigenvalue weighted by atomic mass is 19.4. The molecular formula is C23H36F3N5O4. The van der Waals surface area contributed by atoms with Gasteiger partial charge in [0.2, 0.25) is 5.91 Å². The summed E-state index contributed by atoms with van der Waals surface area (Å²) in [5.74, 6) is -2.08. The van der Waals surface area contributed by atoms with Gasteiger partial charge in [-0.05, 0) is 25.3 Å². The van der Waals surface area contributed by atoms with E-state index in [9.17, 15) is 22.8 Å². The van der Waals surface area contributed by atoms with E-state index in [2.05, 4.69) is 41.3 Å². The predicted molar refractivity (Wildman–Crippen MR) is 128 cm³/mol. The number of hydrogen-bond donors (Lipinski definition) is 3. The highest BCUT2D eigenvalue weighted by Gasteiger charge is 2.38. The third-order valence-electron chi connectivity index (χ3n) is 5.07. The molecule has 1 aliphatic rings. The van der Waals surface area contributed by atoms with E-state index in [-0.39, 0.29) is 11.8 Å². The molecule has 35 heavy (non-hydrogen) atoms. The molecule has 1 aromatic rings. The number of aliphatic carboxylic acids is 1. The normalized spacial score (nSPS) is 13.5. The number of hydrogen-bond acceptors (Lipinski definition) is 6. The van der Waals surface area contributed by atoms with Gasteiger partial charge in [-0.15, -0.1) is 0 Å². The van der Waals surface area contributed by atoms with Crippen molar-refractivity contribution in [1.82, 2.24) is 15.2 Å². The van der Waals surface area contributed by atoms with Gasteiger partial charge in [0.15, 0.2) is 0 Å². The van der Waals surface area contributed by atoms with E-state index in [1.54, 1.807) is 12.3 Å². The van der Waals surface area contributed by atoms with E-state index in [0.717, 1.165) is 70.8 Å². The zero-order chi connectivity index (χ0) is 26.4. The van der Waals surface area contributed by atoms with Gasteiger partial charge in [0, 0.05) is 45.7 Å². The van der Waals surface area contributed by atoms with E-state index in [1.165, 1.54) is 0 Å². The average molecular weight is 504 g/mol. The molecule has 0 bridgehead atoms. The number of rotatable bonds is 10. The maximum Gasteiger partial charge on any atom is 0.490 e. The van der Waals surface area contributed by atoms with Crippen molar-refractivity contribution in [2.75, 3.05) is 49.5 Å². The van der Waals surface area contributed by atoms with E-state index < -0.39 is 12.1 Å². The highest BCUT2D eigenvalue weighted by Crippen LogP contribution is 2.24. The number of carboxylic acids is 1. The topological polar surface area (TPSA) is 115 Å². The number of anilines is 2. The second-order valence-electron chi connectivity index (χ2n) is 8.08. The average Bonchev–Trinajstić information content (AvgIpc) is 2.82. The molecule has 1 aliphatic heterocycles. The summed E-state index contributed by atoms with van der Waals surface area (Å²) in [6, 6.07) is 1.80. The number of carbonyl (C=O) groups excluding carboxylic acids is 2. The largest absolute Gasteiger partial charge is 0.490 e. The summed E-state index contributed by atoms with van der Waals surface area (Å²) >= 11 is 0. The molecule has 0 aliphatic carbocycles. The molecule has 12 heteroatoms. The molecule has 1 aromatic heterocycles. The molecular weight excluding hydrogens is 467 g/mol. The van der Waals surface area contributed by atoms with Gasteiger partial charge in [-0.3, -0.25) is 9.59 Å². The number of amides is 2. The third-order valence-corrected chi connectivity index (χ3v) is 5.07. The Bertz CT molecular complexity index is 824. The zero-order valence-corrected chi connectivity index (χ0v) is 20.6. The smallest absolute Gasteiger partial charge is 0.475 e. The van der Waals surface area contributed by atoms with Crippen LogP contribution in [-0.2, 0) is 9.59 Å². The first kappa shape index (κ1) is 30.1.